The van der Waals surface area contributed by atoms with Crippen LogP contribution in [0.4, 0.5) is 0 Å². The van der Waals surface area contributed by atoms with Gasteiger partial charge in [0.1, 0.15) is 23.9 Å². The Morgan fingerprint density at radius 1 is 0.966 bits per heavy atom. The van der Waals surface area contributed by atoms with E-state index in [1.54, 1.807) is 18.5 Å². The van der Waals surface area contributed by atoms with Crippen molar-refractivity contribution in [3.05, 3.63) is 72.9 Å². The Labute approximate surface area is 169 Å². The smallest absolute Gasteiger partial charge is 0.272 e. The molecular weight excluding hydrogens is 364 g/mol. The molecule has 6 heteroatoms. The summed E-state index contributed by atoms with van der Waals surface area (Å²) in [6.07, 6.45) is 7.20. The summed E-state index contributed by atoms with van der Waals surface area (Å²) < 4.78 is 6.23. The average molecular weight is 386 g/mol. The molecule has 3 atom stereocenters. The number of pyridine rings is 1. The minimum absolute atomic E-state index is 0.0171. The van der Waals surface area contributed by atoms with Crippen molar-refractivity contribution in [2.45, 2.75) is 18.9 Å². The predicted octanol–water partition coefficient (Wildman–Crippen LogP) is 3.47. The van der Waals surface area contributed by atoms with Crippen molar-refractivity contribution in [1.82, 2.24) is 19.9 Å². The highest BCUT2D eigenvalue weighted by molar-refractivity contribution is 5.93. The van der Waals surface area contributed by atoms with Crippen molar-refractivity contribution in [2.75, 3.05) is 13.1 Å². The lowest BCUT2D eigenvalue weighted by Gasteiger charge is -2.22. The SMILES string of the molecule is O=C(c1cccc(-c2cncnc2)n1)N1C[C@@H]2CC[C@H](Oc3ccccc3)[C@@H]2C1. The first-order valence-corrected chi connectivity index (χ1v) is 10.0. The van der Waals surface area contributed by atoms with Gasteiger partial charge in [0, 0.05) is 37.0 Å². The first-order valence-electron chi connectivity index (χ1n) is 10.0. The number of fused-ring (bicyclic) bond motifs is 1. The van der Waals surface area contributed by atoms with Gasteiger partial charge in [0.25, 0.3) is 5.91 Å². The van der Waals surface area contributed by atoms with Crippen molar-refractivity contribution in [3.63, 3.8) is 0 Å². The number of nitrogens with zero attached hydrogens (tertiary/aromatic N) is 4. The summed E-state index contributed by atoms with van der Waals surface area (Å²) in [6, 6.07) is 15.5. The molecule has 0 N–H and O–H groups in total. The van der Waals surface area contributed by atoms with E-state index in [9.17, 15) is 4.79 Å². The monoisotopic (exact) mass is 386 g/mol. The van der Waals surface area contributed by atoms with Crippen LogP contribution in [-0.4, -0.2) is 45.0 Å². The maximum atomic E-state index is 13.1. The van der Waals surface area contributed by atoms with Gasteiger partial charge in [0.2, 0.25) is 0 Å². The van der Waals surface area contributed by atoms with E-state index in [0.717, 1.165) is 37.2 Å². The number of carbonyl (C=O) groups excluding carboxylic acids is 1. The minimum Gasteiger partial charge on any atom is -0.490 e. The standard InChI is InChI=1S/C23H22N4O2/c28-23(21-8-4-7-20(26-21)17-11-24-15-25-12-17)27-13-16-9-10-22(19(16)14-27)29-18-5-2-1-3-6-18/h1-8,11-12,15-16,19,22H,9-10,13-14H2/t16-,19+,22-/m0/s1. The van der Waals surface area contributed by atoms with Crippen LogP contribution in [0.1, 0.15) is 23.3 Å². The van der Waals surface area contributed by atoms with Crippen LogP contribution in [0.2, 0.25) is 0 Å². The minimum atomic E-state index is -0.0171. The molecule has 5 rings (SSSR count). The summed E-state index contributed by atoms with van der Waals surface area (Å²) >= 11 is 0. The second-order valence-electron chi connectivity index (χ2n) is 7.72. The van der Waals surface area contributed by atoms with Gasteiger partial charge in [-0.15, -0.1) is 0 Å². The van der Waals surface area contributed by atoms with Gasteiger partial charge in [-0.1, -0.05) is 24.3 Å². The number of hydrogen-bond acceptors (Lipinski definition) is 5. The molecule has 0 spiro atoms. The van der Waals surface area contributed by atoms with Crippen LogP contribution < -0.4 is 4.74 Å². The molecule has 0 bridgehead atoms. The first kappa shape index (κ1) is 17.8. The number of benzene rings is 1. The molecule has 1 aliphatic heterocycles. The maximum Gasteiger partial charge on any atom is 0.272 e. The lowest BCUT2D eigenvalue weighted by atomic mass is 9.99. The third-order valence-electron chi connectivity index (χ3n) is 5.93. The zero-order valence-electron chi connectivity index (χ0n) is 16.0. The molecule has 2 fully saturated rings. The van der Waals surface area contributed by atoms with Crippen LogP contribution >= 0.6 is 0 Å². The molecule has 146 valence electrons. The summed E-state index contributed by atoms with van der Waals surface area (Å²) in [7, 11) is 0. The molecule has 6 nitrogen and oxygen atoms in total. The molecule has 0 radical (unpaired) electrons. The van der Waals surface area contributed by atoms with Crippen molar-refractivity contribution in [2.24, 2.45) is 11.8 Å². The van der Waals surface area contributed by atoms with Crippen LogP contribution in [-0.2, 0) is 0 Å². The Balaban J connectivity index is 1.30. The Kier molecular flexibility index (Phi) is 4.68. The van der Waals surface area contributed by atoms with E-state index in [1.165, 1.54) is 6.33 Å². The molecule has 3 heterocycles. The fourth-order valence-corrected chi connectivity index (χ4v) is 4.51. The molecule has 3 aromatic rings. The molecule has 1 saturated carbocycles. The third-order valence-corrected chi connectivity index (χ3v) is 5.93. The van der Waals surface area contributed by atoms with E-state index < -0.39 is 0 Å². The molecule has 1 aromatic carbocycles. The molecule has 29 heavy (non-hydrogen) atoms. The summed E-state index contributed by atoms with van der Waals surface area (Å²) in [5, 5.41) is 0. The Hall–Kier alpha value is -3.28. The number of rotatable bonds is 4. The summed E-state index contributed by atoms with van der Waals surface area (Å²) in [6.45, 7) is 1.50. The molecule has 2 aromatic heterocycles. The van der Waals surface area contributed by atoms with Crippen LogP contribution in [0.3, 0.4) is 0 Å². The molecular formula is C23H22N4O2. The zero-order chi connectivity index (χ0) is 19.6. The number of carbonyl (C=O) groups is 1. The lowest BCUT2D eigenvalue weighted by molar-refractivity contribution is 0.0757. The molecule has 1 amide bonds. The van der Waals surface area contributed by atoms with Gasteiger partial charge >= 0.3 is 0 Å². The predicted molar refractivity (Wildman–Crippen MR) is 108 cm³/mol. The van der Waals surface area contributed by atoms with Crippen molar-refractivity contribution >= 4 is 5.91 Å². The number of aromatic nitrogens is 3. The third kappa shape index (κ3) is 3.58. The van der Waals surface area contributed by atoms with Crippen molar-refractivity contribution in [1.29, 1.82) is 0 Å². The summed E-state index contributed by atoms with van der Waals surface area (Å²) in [4.78, 5) is 27.7. The van der Waals surface area contributed by atoms with Crippen molar-refractivity contribution in [3.8, 4) is 17.0 Å². The highest BCUT2D eigenvalue weighted by Crippen LogP contribution is 2.40. The second kappa shape index (κ2) is 7.62. The van der Waals surface area contributed by atoms with E-state index in [2.05, 4.69) is 15.0 Å². The largest absolute Gasteiger partial charge is 0.490 e. The van der Waals surface area contributed by atoms with Gasteiger partial charge < -0.3 is 9.64 Å². The van der Waals surface area contributed by atoms with E-state index >= 15 is 0 Å². The highest BCUT2D eigenvalue weighted by atomic mass is 16.5. The van der Waals surface area contributed by atoms with Crippen LogP contribution in [0.15, 0.2) is 67.3 Å². The summed E-state index contributed by atoms with van der Waals surface area (Å²) in [5.41, 5.74) is 1.98. The molecule has 0 unspecified atom stereocenters. The number of likely N-dealkylation sites (tertiary alicyclic amines) is 1. The van der Waals surface area contributed by atoms with E-state index in [0.29, 0.717) is 23.2 Å². The molecule has 2 aliphatic rings. The maximum absolute atomic E-state index is 13.1. The second-order valence-corrected chi connectivity index (χ2v) is 7.72. The van der Waals surface area contributed by atoms with Crippen molar-refractivity contribution < 1.29 is 9.53 Å². The van der Waals surface area contributed by atoms with Gasteiger partial charge in [0.05, 0.1) is 5.69 Å². The van der Waals surface area contributed by atoms with Crippen LogP contribution in [0, 0.1) is 11.8 Å². The average Bonchev–Trinajstić information content (AvgIpc) is 3.37. The van der Waals surface area contributed by atoms with Gasteiger partial charge in [-0.25, -0.2) is 15.0 Å². The number of para-hydroxylation sites is 1. The summed E-state index contributed by atoms with van der Waals surface area (Å²) in [5.74, 6) is 1.77. The topological polar surface area (TPSA) is 68.2 Å². The fourth-order valence-electron chi connectivity index (χ4n) is 4.51. The van der Waals surface area contributed by atoms with Crippen LogP contribution in [0.5, 0.6) is 5.75 Å². The van der Waals surface area contributed by atoms with E-state index in [-0.39, 0.29) is 12.0 Å². The van der Waals surface area contributed by atoms with E-state index in [4.69, 9.17) is 4.74 Å². The normalized spacial score (nSPS) is 23.0. The Morgan fingerprint density at radius 2 is 1.79 bits per heavy atom. The lowest BCUT2D eigenvalue weighted by Crippen LogP contribution is -2.33. The van der Waals surface area contributed by atoms with Crippen LogP contribution in [0.25, 0.3) is 11.3 Å². The van der Waals surface area contributed by atoms with E-state index in [1.807, 2.05) is 47.4 Å². The molecule has 1 saturated heterocycles. The Bertz CT molecular complexity index is 996. The number of amides is 1. The quantitative estimate of drug-likeness (QED) is 0.687. The first-order chi connectivity index (χ1) is 14.3. The molecule has 1 aliphatic carbocycles. The highest BCUT2D eigenvalue weighted by Gasteiger charge is 2.45. The number of ether oxygens (including phenoxy) is 1. The van der Waals surface area contributed by atoms with Gasteiger partial charge in [-0.05, 0) is 43.0 Å². The zero-order valence-corrected chi connectivity index (χ0v) is 16.0. The van der Waals surface area contributed by atoms with Gasteiger partial charge in [-0.3, -0.25) is 4.79 Å². The van der Waals surface area contributed by atoms with Gasteiger partial charge in [0.15, 0.2) is 0 Å². The van der Waals surface area contributed by atoms with Gasteiger partial charge in [-0.2, -0.15) is 0 Å². The fraction of sp³-hybridized carbons (Fsp3) is 0.304. The Morgan fingerprint density at radius 3 is 2.62 bits per heavy atom. The number of hydrogen-bond donors (Lipinski definition) is 0.